The highest BCUT2D eigenvalue weighted by molar-refractivity contribution is 8.00. The van der Waals surface area contributed by atoms with E-state index < -0.39 is 5.25 Å². The number of esters is 1. The van der Waals surface area contributed by atoms with Crippen LogP contribution in [0.25, 0.3) is 0 Å². The summed E-state index contributed by atoms with van der Waals surface area (Å²) in [5.41, 5.74) is 3.74. The molecule has 0 spiro atoms. The second-order valence-corrected chi connectivity index (χ2v) is 6.81. The maximum atomic E-state index is 12.9. The first-order chi connectivity index (χ1) is 12.0. The van der Waals surface area contributed by atoms with Gasteiger partial charge in [-0.05, 0) is 43.5 Å². The molecule has 0 heterocycles. The molecule has 1 amide bonds. The van der Waals surface area contributed by atoms with Crippen LogP contribution in [0, 0.1) is 13.8 Å². The third-order valence-corrected chi connectivity index (χ3v) is 4.89. The number of rotatable bonds is 7. The molecule has 0 fully saturated rings. The third-order valence-electron chi connectivity index (χ3n) is 3.66. The summed E-state index contributed by atoms with van der Waals surface area (Å²) in [4.78, 5) is 24.5. The van der Waals surface area contributed by atoms with E-state index in [1.165, 1.54) is 11.8 Å². The number of anilines is 1. The average molecular weight is 357 g/mol. The van der Waals surface area contributed by atoms with Crippen molar-refractivity contribution in [3.8, 4) is 0 Å². The van der Waals surface area contributed by atoms with Gasteiger partial charge in [0.1, 0.15) is 5.25 Å². The molecule has 1 N–H and O–H groups in total. The highest BCUT2D eigenvalue weighted by atomic mass is 32.2. The zero-order valence-corrected chi connectivity index (χ0v) is 15.6. The highest BCUT2D eigenvalue weighted by Crippen LogP contribution is 2.31. The minimum Gasteiger partial charge on any atom is -0.465 e. The Kier molecular flexibility index (Phi) is 7.07. The molecule has 4 nitrogen and oxygen atoms in total. The molecular weight excluding hydrogens is 334 g/mol. The van der Waals surface area contributed by atoms with Crippen LogP contribution < -0.4 is 5.32 Å². The molecule has 0 aliphatic rings. The van der Waals surface area contributed by atoms with Crippen LogP contribution >= 0.6 is 11.8 Å². The van der Waals surface area contributed by atoms with Crippen molar-refractivity contribution < 1.29 is 14.3 Å². The molecule has 0 aromatic heterocycles. The maximum absolute atomic E-state index is 12.9. The summed E-state index contributed by atoms with van der Waals surface area (Å²) in [5, 5.41) is 2.51. The van der Waals surface area contributed by atoms with Gasteiger partial charge in [0.2, 0.25) is 5.91 Å². The lowest BCUT2D eigenvalue weighted by Crippen LogP contribution is -2.21. The number of nitrogens with one attached hydrogen (secondary N) is 1. The second kappa shape index (κ2) is 9.28. The van der Waals surface area contributed by atoms with Gasteiger partial charge in [0.05, 0.1) is 12.4 Å². The largest absolute Gasteiger partial charge is 0.465 e. The van der Waals surface area contributed by atoms with Crippen molar-refractivity contribution in [3.05, 3.63) is 65.2 Å². The standard InChI is InChI=1S/C20H23NO3S/c1-4-24-18(22)13-25-19(16-8-6-5-7-9-16)20(23)21-17-12-14(2)10-11-15(17)3/h5-12,19H,4,13H2,1-3H3,(H,21,23)/t19-/m1/s1. The Morgan fingerprint density at radius 2 is 1.84 bits per heavy atom. The summed E-state index contributed by atoms with van der Waals surface area (Å²) >= 11 is 1.27. The van der Waals surface area contributed by atoms with Crippen molar-refractivity contribution >= 4 is 29.3 Å². The minimum atomic E-state index is -0.481. The van der Waals surface area contributed by atoms with Crippen LogP contribution in [0.2, 0.25) is 0 Å². The van der Waals surface area contributed by atoms with Gasteiger partial charge in [-0.3, -0.25) is 9.59 Å². The number of amides is 1. The predicted molar refractivity (Wildman–Crippen MR) is 103 cm³/mol. The lowest BCUT2D eigenvalue weighted by Gasteiger charge is -2.18. The number of ether oxygens (including phenoxy) is 1. The molecular formula is C20H23NO3S. The average Bonchev–Trinajstić information content (AvgIpc) is 2.59. The van der Waals surface area contributed by atoms with Gasteiger partial charge in [-0.2, -0.15) is 0 Å². The molecule has 25 heavy (non-hydrogen) atoms. The summed E-state index contributed by atoms with van der Waals surface area (Å²) in [7, 11) is 0. The normalized spacial score (nSPS) is 11.6. The molecule has 2 aromatic carbocycles. The first-order valence-electron chi connectivity index (χ1n) is 8.21. The van der Waals surface area contributed by atoms with Crippen molar-refractivity contribution in [2.75, 3.05) is 17.7 Å². The van der Waals surface area contributed by atoms with Gasteiger partial charge >= 0.3 is 5.97 Å². The van der Waals surface area contributed by atoms with E-state index in [0.29, 0.717) is 6.61 Å². The smallest absolute Gasteiger partial charge is 0.315 e. The van der Waals surface area contributed by atoms with E-state index in [0.717, 1.165) is 22.4 Å². The fraction of sp³-hybridized carbons (Fsp3) is 0.300. The lowest BCUT2D eigenvalue weighted by molar-refractivity contribution is -0.139. The Morgan fingerprint density at radius 3 is 2.52 bits per heavy atom. The SMILES string of the molecule is CCOC(=O)CS[C@@H](C(=O)Nc1cc(C)ccc1C)c1ccccc1. The molecule has 1 atom stereocenters. The van der Waals surface area contributed by atoms with Gasteiger partial charge in [0, 0.05) is 5.69 Å². The van der Waals surface area contributed by atoms with Crippen molar-refractivity contribution in [1.82, 2.24) is 0 Å². The fourth-order valence-corrected chi connectivity index (χ4v) is 3.32. The quantitative estimate of drug-likeness (QED) is 0.752. The molecule has 0 radical (unpaired) electrons. The first kappa shape index (κ1) is 19.1. The number of aryl methyl sites for hydroxylation is 2. The van der Waals surface area contributed by atoms with Crippen LogP contribution in [0.15, 0.2) is 48.5 Å². The van der Waals surface area contributed by atoms with Crippen molar-refractivity contribution in [2.24, 2.45) is 0 Å². The lowest BCUT2D eigenvalue weighted by atomic mass is 10.1. The summed E-state index contributed by atoms with van der Waals surface area (Å²) in [5.74, 6) is -0.324. The van der Waals surface area contributed by atoms with Gasteiger partial charge in [0.15, 0.2) is 0 Å². The van der Waals surface area contributed by atoms with Crippen LogP contribution in [0.5, 0.6) is 0 Å². The Hall–Kier alpha value is -2.27. The van der Waals surface area contributed by atoms with E-state index in [1.54, 1.807) is 6.92 Å². The molecule has 0 saturated carbocycles. The molecule has 0 saturated heterocycles. The van der Waals surface area contributed by atoms with Crippen LogP contribution in [0.1, 0.15) is 28.9 Å². The van der Waals surface area contributed by atoms with E-state index in [2.05, 4.69) is 5.32 Å². The Balaban J connectivity index is 2.17. The van der Waals surface area contributed by atoms with Gasteiger partial charge in [-0.15, -0.1) is 11.8 Å². The predicted octanol–water partition coefficient (Wildman–Crippen LogP) is 4.28. The number of hydrogen-bond acceptors (Lipinski definition) is 4. The number of benzene rings is 2. The number of carbonyl (C=O) groups excluding carboxylic acids is 2. The Morgan fingerprint density at radius 1 is 1.12 bits per heavy atom. The topological polar surface area (TPSA) is 55.4 Å². The molecule has 2 aromatic rings. The van der Waals surface area contributed by atoms with Crippen LogP contribution in [0.3, 0.4) is 0 Å². The Labute approximate surface area is 153 Å². The van der Waals surface area contributed by atoms with Crippen LogP contribution in [-0.4, -0.2) is 24.2 Å². The van der Waals surface area contributed by atoms with E-state index in [1.807, 2.05) is 62.4 Å². The van der Waals surface area contributed by atoms with Crippen molar-refractivity contribution in [2.45, 2.75) is 26.0 Å². The third kappa shape index (κ3) is 5.64. The molecule has 0 bridgehead atoms. The Bertz CT molecular complexity index is 731. The van der Waals surface area contributed by atoms with E-state index in [-0.39, 0.29) is 17.6 Å². The van der Waals surface area contributed by atoms with E-state index >= 15 is 0 Å². The molecule has 0 aliphatic heterocycles. The second-order valence-electron chi connectivity index (χ2n) is 5.71. The highest BCUT2D eigenvalue weighted by Gasteiger charge is 2.23. The van der Waals surface area contributed by atoms with Crippen molar-refractivity contribution in [1.29, 1.82) is 0 Å². The number of carbonyl (C=O) groups is 2. The monoisotopic (exact) mass is 357 g/mol. The molecule has 132 valence electrons. The number of hydrogen-bond donors (Lipinski definition) is 1. The zero-order valence-electron chi connectivity index (χ0n) is 14.7. The van der Waals surface area contributed by atoms with Gasteiger partial charge in [-0.25, -0.2) is 0 Å². The minimum absolute atomic E-state index is 0.133. The summed E-state index contributed by atoms with van der Waals surface area (Å²) in [6.45, 7) is 6.05. The zero-order chi connectivity index (χ0) is 18.2. The van der Waals surface area contributed by atoms with Crippen LogP contribution in [0.4, 0.5) is 5.69 Å². The first-order valence-corrected chi connectivity index (χ1v) is 9.26. The van der Waals surface area contributed by atoms with Crippen LogP contribution in [-0.2, 0) is 14.3 Å². The summed E-state index contributed by atoms with van der Waals surface area (Å²) in [6.07, 6.45) is 0. The van der Waals surface area contributed by atoms with E-state index in [4.69, 9.17) is 4.74 Å². The van der Waals surface area contributed by atoms with Gasteiger partial charge in [-0.1, -0.05) is 42.5 Å². The summed E-state index contributed by atoms with van der Waals surface area (Å²) < 4.78 is 4.97. The van der Waals surface area contributed by atoms with E-state index in [9.17, 15) is 9.59 Å². The van der Waals surface area contributed by atoms with Gasteiger partial charge in [0.25, 0.3) is 0 Å². The molecule has 0 unspecified atom stereocenters. The fourth-order valence-electron chi connectivity index (χ4n) is 2.37. The van der Waals surface area contributed by atoms with Crippen molar-refractivity contribution in [3.63, 3.8) is 0 Å². The molecule has 5 heteroatoms. The van der Waals surface area contributed by atoms with Gasteiger partial charge < -0.3 is 10.1 Å². The molecule has 0 aliphatic carbocycles. The number of thioether (sulfide) groups is 1. The molecule has 2 rings (SSSR count). The maximum Gasteiger partial charge on any atom is 0.315 e. The summed E-state index contributed by atoms with van der Waals surface area (Å²) in [6, 6.07) is 15.4.